The van der Waals surface area contributed by atoms with Crippen LogP contribution >= 0.6 is 0 Å². The van der Waals surface area contributed by atoms with Crippen LogP contribution in [0.4, 0.5) is 11.9 Å². The molecule has 3 rings (SSSR count). The van der Waals surface area contributed by atoms with E-state index in [9.17, 15) is 0 Å². The molecule has 0 amide bonds. The lowest BCUT2D eigenvalue weighted by Crippen LogP contribution is -2.21. The van der Waals surface area contributed by atoms with Crippen LogP contribution in [-0.2, 0) is 6.54 Å². The average molecular weight is 271 g/mol. The van der Waals surface area contributed by atoms with E-state index in [-0.39, 0.29) is 5.95 Å². The first-order chi connectivity index (χ1) is 9.72. The van der Waals surface area contributed by atoms with Gasteiger partial charge in [0, 0.05) is 31.5 Å². The summed E-state index contributed by atoms with van der Waals surface area (Å²) >= 11 is 0. The summed E-state index contributed by atoms with van der Waals surface area (Å²) in [5.41, 5.74) is 6.75. The van der Waals surface area contributed by atoms with Crippen LogP contribution in [0.1, 0.15) is 5.56 Å². The number of aromatic nitrogens is 5. The summed E-state index contributed by atoms with van der Waals surface area (Å²) in [5, 5.41) is 4.08. The molecule has 0 aromatic carbocycles. The molecule has 0 aliphatic rings. The Labute approximate surface area is 114 Å². The van der Waals surface area contributed by atoms with Crippen molar-refractivity contribution in [1.82, 2.24) is 24.7 Å². The third-order valence-corrected chi connectivity index (χ3v) is 2.68. The second-order valence-electron chi connectivity index (χ2n) is 4.23. The van der Waals surface area contributed by atoms with Gasteiger partial charge in [-0.3, -0.25) is 0 Å². The Morgan fingerprint density at radius 1 is 1.35 bits per heavy atom. The van der Waals surface area contributed by atoms with E-state index in [0.29, 0.717) is 18.4 Å². The van der Waals surface area contributed by atoms with Crippen molar-refractivity contribution in [3.05, 3.63) is 42.6 Å². The SMILES string of the molecule is CN(Cc1ccoc1)c1nc(N)nc(-n2cccn2)n1. The van der Waals surface area contributed by atoms with E-state index in [1.807, 2.05) is 18.0 Å². The molecule has 0 fully saturated rings. The molecule has 0 unspecified atom stereocenters. The molecule has 102 valence electrons. The van der Waals surface area contributed by atoms with Crippen molar-refractivity contribution in [3.8, 4) is 5.95 Å². The highest BCUT2D eigenvalue weighted by Crippen LogP contribution is 2.13. The van der Waals surface area contributed by atoms with Crippen LogP contribution in [0.5, 0.6) is 0 Å². The summed E-state index contributed by atoms with van der Waals surface area (Å²) in [7, 11) is 1.87. The van der Waals surface area contributed by atoms with Gasteiger partial charge in [0.15, 0.2) is 0 Å². The number of furan rings is 1. The number of anilines is 2. The van der Waals surface area contributed by atoms with Crippen molar-refractivity contribution in [2.75, 3.05) is 17.7 Å². The van der Waals surface area contributed by atoms with Crippen LogP contribution < -0.4 is 10.6 Å². The van der Waals surface area contributed by atoms with Crippen molar-refractivity contribution < 1.29 is 4.42 Å². The van der Waals surface area contributed by atoms with Gasteiger partial charge in [0.2, 0.25) is 11.9 Å². The van der Waals surface area contributed by atoms with E-state index in [0.717, 1.165) is 5.56 Å². The number of rotatable bonds is 4. The van der Waals surface area contributed by atoms with Gasteiger partial charge < -0.3 is 15.1 Å². The summed E-state index contributed by atoms with van der Waals surface area (Å²) in [6, 6.07) is 3.67. The lowest BCUT2D eigenvalue weighted by Gasteiger charge is -2.16. The highest BCUT2D eigenvalue weighted by molar-refractivity contribution is 5.37. The van der Waals surface area contributed by atoms with Gasteiger partial charge in [-0.25, -0.2) is 4.68 Å². The minimum absolute atomic E-state index is 0.152. The molecule has 0 aliphatic heterocycles. The molecular weight excluding hydrogens is 258 g/mol. The highest BCUT2D eigenvalue weighted by Gasteiger charge is 2.11. The van der Waals surface area contributed by atoms with Gasteiger partial charge in [-0.05, 0) is 12.1 Å². The Kier molecular flexibility index (Phi) is 3.04. The van der Waals surface area contributed by atoms with Gasteiger partial charge in [0.25, 0.3) is 5.95 Å². The third-order valence-electron chi connectivity index (χ3n) is 2.68. The van der Waals surface area contributed by atoms with Crippen LogP contribution in [-0.4, -0.2) is 31.8 Å². The number of nitrogen functional groups attached to an aromatic ring is 1. The zero-order valence-corrected chi connectivity index (χ0v) is 10.8. The minimum atomic E-state index is 0.152. The van der Waals surface area contributed by atoms with E-state index in [2.05, 4.69) is 20.1 Å². The van der Waals surface area contributed by atoms with Gasteiger partial charge in [0.1, 0.15) is 0 Å². The zero-order chi connectivity index (χ0) is 13.9. The number of hydrogen-bond acceptors (Lipinski definition) is 7. The molecule has 3 aromatic rings. The molecule has 8 nitrogen and oxygen atoms in total. The molecule has 0 radical (unpaired) electrons. The smallest absolute Gasteiger partial charge is 0.257 e. The van der Waals surface area contributed by atoms with E-state index < -0.39 is 0 Å². The molecule has 8 heteroatoms. The molecule has 0 saturated carbocycles. The first-order valence-corrected chi connectivity index (χ1v) is 5.96. The topological polar surface area (TPSA) is 98.9 Å². The lowest BCUT2D eigenvalue weighted by molar-refractivity contribution is 0.563. The minimum Gasteiger partial charge on any atom is -0.472 e. The molecule has 2 N–H and O–H groups in total. The number of nitrogens with zero attached hydrogens (tertiary/aromatic N) is 6. The fourth-order valence-electron chi connectivity index (χ4n) is 1.76. The Morgan fingerprint density at radius 2 is 2.25 bits per heavy atom. The van der Waals surface area contributed by atoms with Crippen LogP contribution in [0.25, 0.3) is 5.95 Å². The molecule has 3 aromatic heterocycles. The second-order valence-corrected chi connectivity index (χ2v) is 4.23. The molecule has 0 aliphatic carbocycles. The monoisotopic (exact) mass is 271 g/mol. The lowest BCUT2D eigenvalue weighted by atomic mass is 10.3. The van der Waals surface area contributed by atoms with Crippen LogP contribution in [0.2, 0.25) is 0 Å². The van der Waals surface area contributed by atoms with E-state index >= 15 is 0 Å². The average Bonchev–Trinajstić information content (AvgIpc) is 3.11. The normalized spacial score (nSPS) is 10.7. The maximum atomic E-state index is 5.73. The van der Waals surface area contributed by atoms with Crippen molar-refractivity contribution in [1.29, 1.82) is 0 Å². The van der Waals surface area contributed by atoms with Crippen molar-refractivity contribution in [2.24, 2.45) is 0 Å². The Balaban J connectivity index is 1.89. The summed E-state index contributed by atoms with van der Waals surface area (Å²) in [4.78, 5) is 14.4. The Hall–Kier alpha value is -2.90. The van der Waals surface area contributed by atoms with Gasteiger partial charge in [-0.1, -0.05) is 0 Å². The summed E-state index contributed by atoms with van der Waals surface area (Å²) in [6.07, 6.45) is 6.69. The first kappa shape index (κ1) is 12.2. The van der Waals surface area contributed by atoms with Crippen molar-refractivity contribution >= 4 is 11.9 Å². The predicted molar refractivity (Wildman–Crippen MR) is 72.2 cm³/mol. The summed E-state index contributed by atoms with van der Waals surface area (Å²) in [5.74, 6) is 1.01. The van der Waals surface area contributed by atoms with Crippen LogP contribution in [0.15, 0.2) is 41.5 Å². The largest absolute Gasteiger partial charge is 0.472 e. The maximum absolute atomic E-state index is 5.73. The molecule has 20 heavy (non-hydrogen) atoms. The number of nitrogens with two attached hydrogens (primary N) is 1. The standard InChI is InChI=1S/C12H13N7O/c1-18(7-9-3-6-20-8-9)11-15-10(13)16-12(17-11)19-5-2-4-14-19/h2-6,8H,7H2,1H3,(H2,13,15,16,17). The Morgan fingerprint density at radius 3 is 2.95 bits per heavy atom. The summed E-state index contributed by atoms with van der Waals surface area (Å²) < 4.78 is 6.57. The van der Waals surface area contributed by atoms with Crippen LogP contribution in [0.3, 0.4) is 0 Å². The van der Waals surface area contributed by atoms with E-state index in [4.69, 9.17) is 10.2 Å². The molecule has 0 atom stereocenters. The zero-order valence-electron chi connectivity index (χ0n) is 10.8. The van der Waals surface area contributed by atoms with Gasteiger partial charge in [0.05, 0.1) is 12.5 Å². The third kappa shape index (κ3) is 2.44. The second kappa shape index (κ2) is 5.00. The molecule has 3 heterocycles. The van der Waals surface area contributed by atoms with Crippen LogP contribution in [0, 0.1) is 0 Å². The quantitative estimate of drug-likeness (QED) is 0.751. The summed E-state index contributed by atoms with van der Waals surface area (Å²) in [6.45, 7) is 0.610. The van der Waals surface area contributed by atoms with Crippen molar-refractivity contribution in [3.63, 3.8) is 0 Å². The van der Waals surface area contributed by atoms with Gasteiger partial charge in [-0.2, -0.15) is 20.1 Å². The van der Waals surface area contributed by atoms with Gasteiger partial charge in [-0.15, -0.1) is 0 Å². The fourth-order valence-corrected chi connectivity index (χ4v) is 1.76. The molecular formula is C12H13N7O. The van der Waals surface area contributed by atoms with Crippen molar-refractivity contribution in [2.45, 2.75) is 6.54 Å². The molecule has 0 saturated heterocycles. The van der Waals surface area contributed by atoms with Gasteiger partial charge >= 0.3 is 0 Å². The highest BCUT2D eigenvalue weighted by atomic mass is 16.3. The van der Waals surface area contributed by atoms with E-state index in [1.54, 1.807) is 31.0 Å². The molecule has 0 bridgehead atoms. The number of hydrogen-bond donors (Lipinski definition) is 1. The first-order valence-electron chi connectivity index (χ1n) is 5.96. The maximum Gasteiger partial charge on any atom is 0.257 e. The van der Waals surface area contributed by atoms with E-state index in [1.165, 1.54) is 4.68 Å². The Bertz CT molecular complexity index is 678. The molecule has 0 spiro atoms. The fraction of sp³-hybridized carbons (Fsp3) is 0.167. The predicted octanol–water partition coefficient (Wildman–Crippen LogP) is 0.869.